The minimum atomic E-state index is -4.83. The maximum absolute atomic E-state index is 13.9. The molecule has 0 radical (unpaired) electrons. The quantitative estimate of drug-likeness (QED) is 0.249. The molecule has 2 aliphatic heterocycles. The van der Waals surface area contributed by atoms with Crippen molar-refractivity contribution >= 4 is 52.3 Å². The Morgan fingerprint density at radius 1 is 1.07 bits per heavy atom. The Balaban J connectivity index is 1.43. The van der Waals surface area contributed by atoms with Gasteiger partial charge in [0.25, 0.3) is 5.91 Å². The van der Waals surface area contributed by atoms with Gasteiger partial charge in [0, 0.05) is 43.8 Å². The van der Waals surface area contributed by atoms with Gasteiger partial charge < -0.3 is 36.6 Å². The molecule has 0 saturated carbocycles. The number of fused-ring (bicyclic) bond motifs is 1. The van der Waals surface area contributed by atoms with Gasteiger partial charge in [0.2, 0.25) is 11.9 Å². The van der Waals surface area contributed by atoms with Gasteiger partial charge in [-0.05, 0) is 36.4 Å². The number of benzene rings is 2. The number of hydrogen-bond acceptors (Lipinski definition) is 9. The molecule has 2 aliphatic rings. The zero-order chi connectivity index (χ0) is 29.1. The van der Waals surface area contributed by atoms with Crippen molar-refractivity contribution in [3.05, 3.63) is 59.8 Å². The number of carbonyl (C=O) groups is 3. The molecule has 1 unspecified atom stereocenters. The van der Waals surface area contributed by atoms with Gasteiger partial charge in [-0.3, -0.25) is 14.4 Å². The van der Waals surface area contributed by atoms with E-state index in [-0.39, 0.29) is 22.9 Å². The van der Waals surface area contributed by atoms with Crippen LogP contribution in [0.1, 0.15) is 22.3 Å². The summed E-state index contributed by atoms with van der Waals surface area (Å²) in [6.45, 7) is 3.46. The van der Waals surface area contributed by atoms with Gasteiger partial charge in [-0.25, -0.2) is 4.98 Å². The predicted molar refractivity (Wildman–Crippen MR) is 144 cm³/mol. The summed E-state index contributed by atoms with van der Waals surface area (Å²) >= 11 is 0. The highest BCUT2D eigenvalue weighted by atomic mass is 19.4. The second-order valence-corrected chi connectivity index (χ2v) is 9.33. The summed E-state index contributed by atoms with van der Waals surface area (Å²) in [7, 11) is 0. The second kappa shape index (κ2) is 11.3. The van der Waals surface area contributed by atoms with E-state index in [2.05, 4.69) is 41.5 Å². The molecule has 214 valence electrons. The summed E-state index contributed by atoms with van der Waals surface area (Å²) in [6, 6.07) is 10.1. The third-order valence-electron chi connectivity index (χ3n) is 6.50. The number of carboxylic acid groups (broad SMARTS) is 1. The third-order valence-corrected chi connectivity index (χ3v) is 6.50. The van der Waals surface area contributed by atoms with Crippen molar-refractivity contribution in [3.8, 4) is 0 Å². The van der Waals surface area contributed by atoms with Crippen LogP contribution in [-0.2, 0) is 15.8 Å². The Labute approximate surface area is 231 Å². The van der Waals surface area contributed by atoms with Gasteiger partial charge >= 0.3 is 12.1 Å². The first-order valence-corrected chi connectivity index (χ1v) is 12.6. The van der Waals surface area contributed by atoms with E-state index in [1.807, 2.05) is 12.1 Å². The van der Waals surface area contributed by atoms with E-state index < -0.39 is 47.8 Å². The Morgan fingerprint density at radius 2 is 1.80 bits per heavy atom. The number of amides is 2. The molecule has 2 aromatic carbocycles. The molecule has 1 saturated heterocycles. The molecule has 1 fully saturated rings. The summed E-state index contributed by atoms with van der Waals surface area (Å²) in [6.07, 6.45) is -4.89. The van der Waals surface area contributed by atoms with Crippen LogP contribution < -0.4 is 31.5 Å². The first kappa shape index (κ1) is 27.6. The number of anilines is 6. The van der Waals surface area contributed by atoms with Crippen LogP contribution in [-0.4, -0.2) is 65.1 Å². The standard InChI is InChI=1S/C26H25F3N8O4/c27-26(28,29)16-13-31-25(32-14-4-6-15(7-5-14)37-10-8-30-9-11-37)36-22(16)33-17-2-1-3-18-21(17)24(41)35-19(12-20(38)39)23(40)34-18/h1-7,13,19,30H,8-12H2,(H,34,40)(H,35,41)(H,38,39)(H2,31,32,33,36). The Bertz CT molecular complexity index is 1480. The van der Waals surface area contributed by atoms with E-state index in [0.717, 1.165) is 31.9 Å². The van der Waals surface area contributed by atoms with Crippen LogP contribution in [0.3, 0.4) is 0 Å². The molecular weight excluding hydrogens is 545 g/mol. The SMILES string of the molecule is O=C(O)CC1NC(=O)c2c(cccc2Nc2nc(Nc3ccc(N4CCNCC4)cc3)ncc2C(F)(F)F)NC1=O. The number of aliphatic carboxylic acids is 1. The fourth-order valence-electron chi connectivity index (χ4n) is 4.52. The van der Waals surface area contributed by atoms with Crippen molar-refractivity contribution in [2.45, 2.75) is 18.6 Å². The number of nitrogens with one attached hydrogen (secondary N) is 5. The number of alkyl halides is 3. The third kappa shape index (κ3) is 6.30. The molecule has 3 heterocycles. The van der Waals surface area contributed by atoms with Gasteiger partial charge in [0.15, 0.2) is 0 Å². The van der Waals surface area contributed by atoms with E-state index in [1.165, 1.54) is 18.2 Å². The van der Waals surface area contributed by atoms with Gasteiger partial charge in [-0.1, -0.05) is 6.07 Å². The van der Waals surface area contributed by atoms with Crippen LogP contribution in [0, 0.1) is 0 Å². The number of carbonyl (C=O) groups excluding carboxylic acids is 2. The van der Waals surface area contributed by atoms with Gasteiger partial charge in [0.05, 0.1) is 23.4 Å². The molecule has 41 heavy (non-hydrogen) atoms. The molecule has 6 N–H and O–H groups in total. The highest BCUT2D eigenvalue weighted by Crippen LogP contribution is 2.37. The summed E-state index contributed by atoms with van der Waals surface area (Å²) < 4.78 is 41.7. The van der Waals surface area contributed by atoms with E-state index in [0.29, 0.717) is 11.9 Å². The molecule has 0 bridgehead atoms. The average molecular weight is 571 g/mol. The fourth-order valence-corrected chi connectivity index (χ4v) is 4.52. The molecule has 1 aromatic heterocycles. The van der Waals surface area contributed by atoms with Gasteiger partial charge in [-0.2, -0.15) is 18.2 Å². The predicted octanol–water partition coefficient (Wildman–Crippen LogP) is 2.92. The number of carboxylic acids is 1. The van der Waals surface area contributed by atoms with Crippen molar-refractivity contribution in [3.63, 3.8) is 0 Å². The highest BCUT2D eigenvalue weighted by Gasteiger charge is 2.36. The van der Waals surface area contributed by atoms with E-state index in [1.54, 1.807) is 12.1 Å². The minimum Gasteiger partial charge on any atom is -0.481 e. The molecule has 0 aliphatic carbocycles. The van der Waals surface area contributed by atoms with Crippen molar-refractivity contribution in [2.24, 2.45) is 0 Å². The van der Waals surface area contributed by atoms with E-state index >= 15 is 0 Å². The van der Waals surface area contributed by atoms with Crippen molar-refractivity contribution in [2.75, 3.05) is 47.0 Å². The van der Waals surface area contributed by atoms with Gasteiger partial charge in [0.1, 0.15) is 17.4 Å². The summed E-state index contributed by atoms with van der Waals surface area (Å²) in [5.74, 6) is -3.70. The zero-order valence-corrected chi connectivity index (χ0v) is 21.4. The fraction of sp³-hybridized carbons (Fsp3) is 0.269. The number of piperazine rings is 1. The first-order chi connectivity index (χ1) is 19.6. The average Bonchev–Trinajstić information content (AvgIpc) is 3.04. The van der Waals surface area contributed by atoms with Gasteiger partial charge in [-0.15, -0.1) is 0 Å². The number of rotatable bonds is 7. The highest BCUT2D eigenvalue weighted by molar-refractivity contribution is 6.13. The maximum atomic E-state index is 13.9. The first-order valence-electron chi connectivity index (χ1n) is 12.6. The van der Waals surface area contributed by atoms with Crippen LogP contribution in [0.25, 0.3) is 0 Å². The topological polar surface area (TPSA) is 161 Å². The Morgan fingerprint density at radius 3 is 2.49 bits per heavy atom. The summed E-state index contributed by atoms with van der Waals surface area (Å²) in [4.78, 5) is 46.6. The lowest BCUT2D eigenvalue weighted by molar-refractivity contribution is -0.139. The molecule has 5 rings (SSSR count). The molecule has 1 atom stereocenters. The molecule has 0 spiro atoms. The number of halogens is 3. The van der Waals surface area contributed by atoms with E-state index in [9.17, 15) is 27.6 Å². The molecule has 3 aromatic rings. The van der Waals surface area contributed by atoms with Crippen LogP contribution >= 0.6 is 0 Å². The number of aromatic nitrogens is 2. The van der Waals surface area contributed by atoms with Crippen LogP contribution in [0.15, 0.2) is 48.7 Å². The van der Waals surface area contributed by atoms with Crippen molar-refractivity contribution in [1.82, 2.24) is 20.6 Å². The Hall–Kier alpha value is -4.92. The largest absolute Gasteiger partial charge is 0.481 e. The molecular formula is C26H25F3N8O4. The molecule has 15 heteroatoms. The maximum Gasteiger partial charge on any atom is 0.421 e. The van der Waals surface area contributed by atoms with E-state index in [4.69, 9.17) is 5.11 Å². The normalized spacial score (nSPS) is 17.1. The zero-order valence-electron chi connectivity index (χ0n) is 21.4. The van der Waals surface area contributed by atoms with Crippen LogP contribution in [0.5, 0.6) is 0 Å². The van der Waals surface area contributed by atoms with Crippen molar-refractivity contribution < 1.29 is 32.7 Å². The number of nitrogens with zero attached hydrogens (tertiary/aromatic N) is 3. The lowest BCUT2D eigenvalue weighted by Crippen LogP contribution is -2.43. The minimum absolute atomic E-state index is 0.00377. The summed E-state index contributed by atoms with van der Waals surface area (Å²) in [5, 5.41) is 22.6. The smallest absolute Gasteiger partial charge is 0.421 e. The van der Waals surface area contributed by atoms with Crippen molar-refractivity contribution in [1.29, 1.82) is 0 Å². The Kier molecular flexibility index (Phi) is 7.61. The molecule has 2 amide bonds. The lowest BCUT2D eigenvalue weighted by atomic mass is 10.1. The number of hydrogen-bond donors (Lipinski definition) is 6. The summed E-state index contributed by atoms with van der Waals surface area (Å²) in [5.41, 5.74) is 0.0981. The monoisotopic (exact) mass is 570 g/mol. The van der Waals surface area contributed by atoms with Crippen LogP contribution in [0.4, 0.5) is 47.7 Å². The lowest BCUT2D eigenvalue weighted by Gasteiger charge is -2.29. The molecule has 12 nitrogen and oxygen atoms in total. The van der Waals surface area contributed by atoms with Crippen LogP contribution in [0.2, 0.25) is 0 Å². The second-order valence-electron chi connectivity index (χ2n) is 9.33.